The summed E-state index contributed by atoms with van der Waals surface area (Å²) in [5.41, 5.74) is 1.95. The van der Waals surface area contributed by atoms with E-state index in [1.54, 1.807) is 12.1 Å². The average Bonchev–Trinajstić information content (AvgIpc) is 2.71. The van der Waals surface area contributed by atoms with Gasteiger partial charge in [0.1, 0.15) is 11.5 Å². The molecule has 0 spiro atoms. The molecular weight excluding hydrogens is 444 g/mol. The molecule has 1 saturated carbocycles. The molecule has 6 nitrogen and oxygen atoms in total. The normalized spacial score (nSPS) is 18.1. The molecule has 0 heterocycles. The van der Waals surface area contributed by atoms with Crippen LogP contribution in [0.1, 0.15) is 43.7 Å². The van der Waals surface area contributed by atoms with Crippen molar-refractivity contribution in [3.8, 4) is 11.5 Å². The molecule has 1 radical (unpaired) electrons. The van der Waals surface area contributed by atoms with Crippen molar-refractivity contribution in [2.24, 2.45) is 0 Å². The number of benzene rings is 2. The van der Waals surface area contributed by atoms with Crippen molar-refractivity contribution in [3.63, 3.8) is 0 Å². The number of carboxylic acids is 1. The summed E-state index contributed by atoms with van der Waals surface area (Å²) in [7, 11) is 4.31. The number of aliphatic carboxylic acids is 1. The van der Waals surface area contributed by atoms with E-state index < -0.39 is 5.97 Å². The predicted octanol–water partition coefficient (Wildman–Crippen LogP) is 4.06. The molecule has 0 aromatic heterocycles. The number of phenolic OH excluding ortho intramolecular Hbond substituents is 2. The van der Waals surface area contributed by atoms with E-state index in [1.165, 1.54) is 25.7 Å². The Kier molecular flexibility index (Phi) is 11.6. The number of para-hydroxylation sites is 2. The summed E-state index contributed by atoms with van der Waals surface area (Å²) >= 11 is 0. The molecule has 31 heavy (non-hydrogen) atoms. The summed E-state index contributed by atoms with van der Waals surface area (Å²) in [6, 6.07) is 16.1. The summed E-state index contributed by atoms with van der Waals surface area (Å²) in [5, 5.41) is 27.6. The van der Waals surface area contributed by atoms with Crippen molar-refractivity contribution in [2.45, 2.75) is 57.8 Å². The van der Waals surface area contributed by atoms with Crippen LogP contribution in [0.4, 0.5) is 0 Å². The predicted molar refractivity (Wildman–Crippen MR) is 119 cm³/mol. The van der Waals surface area contributed by atoms with Crippen LogP contribution < -0.4 is 0 Å². The van der Waals surface area contributed by atoms with Crippen LogP contribution in [0, 0.1) is 0 Å². The van der Waals surface area contributed by atoms with E-state index in [-0.39, 0.29) is 17.1 Å². The first-order valence-electron chi connectivity index (χ1n) is 10.4. The molecule has 1 aliphatic rings. The third-order valence-electron chi connectivity index (χ3n) is 5.65. The molecule has 3 rings (SSSR count). The van der Waals surface area contributed by atoms with Gasteiger partial charge < -0.3 is 15.3 Å². The fraction of sp³-hybridized carbons (Fsp3) is 0.458. The van der Waals surface area contributed by atoms with Crippen LogP contribution >= 0.6 is 0 Å². The Labute approximate surface area is 196 Å². The summed E-state index contributed by atoms with van der Waals surface area (Å²) in [4.78, 5) is 13.8. The Bertz CT molecular complexity index is 752. The number of likely N-dealkylation sites (N-methyl/N-ethyl adjacent to an activating group) is 2. The van der Waals surface area contributed by atoms with Crippen LogP contribution in [-0.4, -0.2) is 57.3 Å². The van der Waals surface area contributed by atoms with Gasteiger partial charge in [-0.05, 0) is 39.1 Å². The largest absolute Gasteiger partial charge is 0.508 e. The molecule has 0 bridgehead atoms. The molecule has 1 fully saturated rings. The van der Waals surface area contributed by atoms with Crippen molar-refractivity contribution in [3.05, 3.63) is 59.7 Å². The van der Waals surface area contributed by atoms with Crippen LogP contribution in [0.25, 0.3) is 0 Å². The molecule has 2 aromatic rings. The maximum absolute atomic E-state index is 10.1. The average molecular weight is 478 g/mol. The Balaban J connectivity index is 0.000000885. The zero-order valence-electron chi connectivity index (χ0n) is 18.5. The molecule has 7 heteroatoms. The fourth-order valence-electron chi connectivity index (χ4n) is 4.18. The molecule has 0 amide bonds. The van der Waals surface area contributed by atoms with Crippen LogP contribution in [0.3, 0.4) is 0 Å². The Morgan fingerprint density at radius 1 is 0.839 bits per heavy atom. The monoisotopic (exact) mass is 477 g/mol. The number of aromatic hydroxyl groups is 2. The van der Waals surface area contributed by atoms with E-state index in [4.69, 9.17) is 9.90 Å². The number of carboxylic acid groups (broad SMARTS) is 1. The molecule has 3 N–H and O–H groups in total. The van der Waals surface area contributed by atoms with Gasteiger partial charge in [-0.25, -0.2) is 0 Å². The van der Waals surface area contributed by atoms with Gasteiger partial charge in [-0.1, -0.05) is 49.2 Å². The number of rotatable bonds is 6. The van der Waals surface area contributed by atoms with E-state index in [0.29, 0.717) is 23.6 Å². The third-order valence-corrected chi connectivity index (χ3v) is 5.65. The maximum atomic E-state index is 10.1. The Hall–Kier alpha value is -2.05. The van der Waals surface area contributed by atoms with Gasteiger partial charge in [0, 0.05) is 60.3 Å². The Morgan fingerprint density at radius 3 is 1.48 bits per heavy atom. The van der Waals surface area contributed by atoms with E-state index in [1.807, 2.05) is 36.4 Å². The number of phenols is 2. The van der Waals surface area contributed by atoms with Gasteiger partial charge in [0.05, 0.1) is 0 Å². The van der Waals surface area contributed by atoms with E-state index in [0.717, 1.165) is 31.1 Å². The summed E-state index contributed by atoms with van der Waals surface area (Å²) < 4.78 is 0. The van der Waals surface area contributed by atoms with Crippen LogP contribution in [0.5, 0.6) is 11.5 Å². The minimum atomic E-state index is -0.833. The standard InChI is InChI=1S/C22H30N2O2.C2H4O2.Cu/c1-23(15-17-9-3-7-13-21(17)25)19-11-5-6-12-20(19)24(2)16-18-10-4-8-14-22(18)26;1-2(3)4;/h3-4,7-10,13-14,19-20,25-26H,5-6,11-12,15-16H2,1-2H3;1H3,(H,3,4);/t19-,20-;;/m0../s1. The summed E-state index contributed by atoms with van der Waals surface area (Å²) in [6.07, 6.45) is 4.83. The number of carbonyl (C=O) groups is 1. The number of hydrogen-bond acceptors (Lipinski definition) is 5. The van der Waals surface area contributed by atoms with E-state index >= 15 is 0 Å². The first-order valence-corrected chi connectivity index (χ1v) is 10.4. The second kappa shape index (κ2) is 13.4. The summed E-state index contributed by atoms with van der Waals surface area (Å²) in [5.74, 6) is -0.0939. The molecule has 1 aliphatic carbocycles. The van der Waals surface area contributed by atoms with Gasteiger partial charge in [-0.2, -0.15) is 0 Å². The smallest absolute Gasteiger partial charge is 0.300 e. The zero-order valence-corrected chi connectivity index (χ0v) is 19.4. The summed E-state index contributed by atoms with van der Waals surface area (Å²) in [6.45, 7) is 2.58. The topological polar surface area (TPSA) is 84.2 Å². The number of hydrogen-bond donors (Lipinski definition) is 3. The minimum absolute atomic E-state index is 0. The zero-order chi connectivity index (χ0) is 22.1. The molecule has 2 aromatic carbocycles. The van der Waals surface area contributed by atoms with Gasteiger partial charge in [0.25, 0.3) is 5.97 Å². The van der Waals surface area contributed by atoms with Crippen molar-refractivity contribution in [1.82, 2.24) is 9.80 Å². The number of nitrogens with zero attached hydrogens (tertiary/aromatic N) is 2. The maximum Gasteiger partial charge on any atom is 0.300 e. The first kappa shape index (κ1) is 27.0. The minimum Gasteiger partial charge on any atom is -0.508 e. The first-order chi connectivity index (χ1) is 14.3. The third kappa shape index (κ3) is 8.54. The molecular formula is C24H34CuN2O4. The molecule has 0 aliphatic heterocycles. The van der Waals surface area contributed by atoms with Gasteiger partial charge in [0.2, 0.25) is 0 Å². The van der Waals surface area contributed by atoms with Gasteiger partial charge >= 0.3 is 0 Å². The SMILES string of the molecule is CC(=O)O.CN(Cc1ccccc1O)[C@H]1CCCC[C@@H]1N(C)Cc1ccccc1O.[Cu]. The van der Waals surface area contributed by atoms with Crippen molar-refractivity contribution < 1.29 is 37.2 Å². The second-order valence-corrected chi connectivity index (χ2v) is 8.03. The van der Waals surface area contributed by atoms with Gasteiger partial charge in [-0.3, -0.25) is 14.6 Å². The van der Waals surface area contributed by atoms with Crippen molar-refractivity contribution in [1.29, 1.82) is 0 Å². The van der Waals surface area contributed by atoms with Crippen LogP contribution in [0.2, 0.25) is 0 Å². The molecule has 0 saturated heterocycles. The van der Waals surface area contributed by atoms with E-state index in [2.05, 4.69) is 23.9 Å². The fourth-order valence-corrected chi connectivity index (χ4v) is 4.18. The quantitative estimate of drug-likeness (QED) is 0.544. The van der Waals surface area contributed by atoms with Crippen LogP contribution in [-0.2, 0) is 35.0 Å². The van der Waals surface area contributed by atoms with Gasteiger partial charge in [-0.15, -0.1) is 0 Å². The van der Waals surface area contributed by atoms with Crippen molar-refractivity contribution >= 4 is 5.97 Å². The Morgan fingerprint density at radius 2 is 1.16 bits per heavy atom. The van der Waals surface area contributed by atoms with E-state index in [9.17, 15) is 10.2 Å². The van der Waals surface area contributed by atoms with Crippen molar-refractivity contribution in [2.75, 3.05) is 14.1 Å². The van der Waals surface area contributed by atoms with Crippen LogP contribution in [0.15, 0.2) is 48.5 Å². The molecule has 0 unspecified atom stereocenters. The molecule has 2 atom stereocenters. The second-order valence-electron chi connectivity index (χ2n) is 8.03. The van der Waals surface area contributed by atoms with Gasteiger partial charge in [0.15, 0.2) is 0 Å². The molecule has 175 valence electrons.